The van der Waals surface area contributed by atoms with E-state index < -0.39 is 5.97 Å². The normalized spacial score (nSPS) is 11.9. The van der Waals surface area contributed by atoms with Crippen molar-refractivity contribution in [3.8, 4) is 0 Å². The zero-order valence-electron chi connectivity index (χ0n) is 20.0. The molecule has 8 nitrogen and oxygen atoms in total. The van der Waals surface area contributed by atoms with Crippen LogP contribution in [0.15, 0.2) is 59.8 Å². The lowest BCUT2D eigenvalue weighted by atomic mass is 10.2. The molecule has 1 N–H and O–H groups in total. The molecule has 9 heteroatoms. The fourth-order valence-electron chi connectivity index (χ4n) is 3.64. The number of carbonyl (C=O) groups is 2. The van der Waals surface area contributed by atoms with Gasteiger partial charge in [-0.25, -0.2) is 4.79 Å². The molecule has 1 atom stereocenters. The molecule has 1 heterocycles. The summed E-state index contributed by atoms with van der Waals surface area (Å²) in [5.74, 6) is 0.291. The Bertz CT molecular complexity index is 1100. The lowest BCUT2D eigenvalue weighted by molar-refractivity contribution is -0.113. The first-order valence-electron chi connectivity index (χ1n) is 11.3. The third kappa shape index (κ3) is 6.45. The molecule has 3 rings (SSSR count). The maximum Gasteiger partial charge on any atom is 0.340 e. The van der Waals surface area contributed by atoms with E-state index in [1.165, 1.54) is 11.8 Å². The van der Waals surface area contributed by atoms with E-state index >= 15 is 0 Å². The van der Waals surface area contributed by atoms with Crippen LogP contribution in [0.5, 0.6) is 0 Å². The highest BCUT2D eigenvalue weighted by molar-refractivity contribution is 7.99. The second kappa shape index (κ2) is 12.3. The predicted octanol–water partition coefficient (Wildman–Crippen LogP) is 4.25. The summed E-state index contributed by atoms with van der Waals surface area (Å²) in [5, 5.41) is 12.4. The summed E-state index contributed by atoms with van der Waals surface area (Å²) in [6.45, 7) is 4.74. The van der Waals surface area contributed by atoms with Crippen LogP contribution in [-0.4, -0.2) is 58.0 Å². The lowest BCUT2D eigenvalue weighted by Crippen LogP contribution is -2.23. The monoisotopic (exact) mass is 481 g/mol. The zero-order chi connectivity index (χ0) is 24.5. The number of hydrogen-bond donors (Lipinski definition) is 1. The lowest BCUT2D eigenvalue weighted by Gasteiger charge is -2.23. The van der Waals surface area contributed by atoms with Crippen molar-refractivity contribution in [3.63, 3.8) is 0 Å². The quantitative estimate of drug-likeness (QED) is 0.323. The van der Waals surface area contributed by atoms with Crippen LogP contribution in [0, 0.1) is 0 Å². The molecule has 0 spiro atoms. The van der Waals surface area contributed by atoms with Gasteiger partial charge in [0, 0.05) is 0 Å². The zero-order valence-corrected chi connectivity index (χ0v) is 20.8. The molecule has 1 amide bonds. The highest BCUT2D eigenvalue weighted by atomic mass is 32.2. The molecule has 180 valence electrons. The van der Waals surface area contributed by atoms with Crippen molar-refractivity contribution in [1.29, 1.82) is 0 Å². The van der Waals surface area contributed by atoms with Crippen molar-refractivity contribution in [2.45, 2.75) is 38.0 Å². The van der Waals surface area contributed by atoms with Crippen LogP contribution in [0.1, 0.15) is 48.1 Å². The average Bonchev–Trinajstić information content (AvgIpc) is 3.21. The Kier molecular flexibility index (Phi) is 9.24. The van der Waals surface area contributed by atoms with Gasteiger partial charge in [-0.3, -0.25) is 9.69 Å². The van der Waals surface area contributed by atoms with Crippen LogP contribution in [0.2, 0.25) is 0 Å². The van der Waals surface area contributed by atoms with Gasteiger partial charge in [-0.2, -0.15) is 0 Å². The molecule has 34 heavy (non-hydrogen) atoms. The maximum absolute atomic E-state index is 12.7. The molecular formula is C25H31N5O3S. The summed E-state index contributed by atoms with van der Waals surface area (Å²) in [7, 11) is 4.05. The minimum absolute atomic E-state index is 0.107. The van der Waals surface area contributed by atoms with E-state index in [-0.39, 0.29) is 24.3 Å². The molecule has 0 radical (unpaired) electrons. The molecule has 2 aromatic carbocycles. The van der Waals surface area contributed by atoms with Crippen LogP contribution in [0.3, 0.4) is 0 Å². The molecule has 0 aliphatic carbocycles. The number of ether oxygens (including phenoxy) is 1. The number of nitrogens with zero attached hydrogens (tertiary/aromatic N) is 4. The van der Waals surface area contributed by atoms with E-state index in [2.05, 4.69) is 44.0 Å². The van der Waals surface area contributed by atoms with E-state index in [0.29, 0.717) is 23.0 Å². The van der Waals surface area contributed by atoms with Gasteiger partial charge in [-0.1, -0.05) is 61.2 Å². The third-order valence-corrected chi connectivity index (χ3v) is 6.23. The Morgan fingerprint density at radius 1 is 1.06 bits per heavy atom. The second-order valence-corrected chi connectivity index (χ2v) is 8.85. The SMILES string of the molecule is CCOC(=O)c1ccccc1NC(=O)CSc1nnc(C(CC)N(C)C)n1Cc1ccccc1. The first-order chi connectivity index (χ1) is 16.4. The van der Waals surface area contributed by atoms with Crippen LogP contribution >= 0.6 is 11.8 Å². The van der Waals surface area contributed by atoms with Gasteiger partial charge in [-0.05, 0) is 45.1 Å². The van der Waals surface area contributed by atoms with Gasteiger partial charge in [0.1, 0.15) is 0 Å². The summed E-state index contributed by atoms with van der Waals surface area (Å²) in [6, 6.07) is 17.0. The molecular weight excluding hydrogens is 450 g/mol. The number of para-hydroxylation sites is 1. The average molecular weight is 482 g/mol. The molecule has 0 aliphatic rings. The van der Waals surface area contributed by atoms with Crippen molar-refractivity contribution in [2.75, 3.05) is 31.8 Å². The number of esters is 1. The van der Waals surface area contributed by atoms with Gasteiger partial charge in [-0.15, -0.1) is 10.2 Å². The smallest absolute Gasteiger partial charge is 0.340 e. The molecule has 0 saturated heterocycles. The highest BCUT2D eigenvalue weighted by Gasteiger charge is 2.23. The van der Waals surface area contributed by atoms with Crippen molar-refractivity contribution in [2.24, 2.45) is 0 Å². The van der Waals surface area contributed by atoms with Gasteiger partial charge in [0.15, 0.2) is 11.0 Å². The van der Waals surface area contributed by atoms with Crippen molar-refractivity contribution in [1.82, 2.24) is 19.7 Å². The number of hydrogen-bond acceptors (Lipinski definition) is 7. The van der Waals surface area contributed by atoms with Crippen molar-refractivity contribution in [3.05, 3.63) is 71.5 Å². The van der Waals surface area contributed by atoms with Crippen LogP contribution in [-0.2, 0) is 16.1 Å². The number of amides is 1. The van der Waals surface area contributed by atoms with E-state index in [9.17, 15) is 9.59 Å². The standard InChI is InChI=1S/C25H31N5O3S/c1-5-21(29(3)4)23-27-28-25(30(23)16-18-12-8-7-9-13-18)34-17-22(31)26-20-15-11-10-14-19(20)24(32)33-6-2/h7-15,21H,5-6,16-17H2,1-4H3,(H,26,31). The van der Waals surface area contributed by atoms with Gasteiger partial charge in [0.25, 0.3) is 0 Å². The highest BCUT2D eigenvalue weighted by Crippen LogP contribution is 2.26. The van der Waals surface area contributed by atoms with Crippen LogP contribution in [0.4, 0.5) is 5.69 Å². The summed E-state index contributed by atoms with van der Waals surface area (Å²) < 4.78 is 7.16. The molecule has 1 unspecified atom stereocenters. The molecule has 0 bridgehead atoms. The third-order valence-electron chi connectivity index (χ3n) is 5.27. The van der Waals surface area contributed by atoms with Crippen molar-refractivity contribution < 1.29 is 14.3 Å². The topological polar surface area (TPSA) is 89.3 Å². The van der Waals surface area contributed by atoms with E-state index in [4.69, 9.17) is 4.74 Å². The Morgan fingerprint density at radius 2 is 1.76 bits per heavy atom. The first-order valence-corrected chi connectivity index (χ1v) is 12.2. The largest absolute Gasteiger partial charge is 0.462 e. The number of aromatic nitrogens is 3. The van der Waals surface area contributed by atoms with Gasteiger partial charge in [0.05, 0.1) is 36.2 Å². The minimum atomic E-state index is -0.465. The van der Waals surface area contributed by atoms with Gasteiger partial charge < -0.3 is 14.6 Å². The Labute approximate surface area is 204 Å². The van der Waals surface area contributed by atoms with Gasteiger partial charge in [0.2, 0.25) is 5.91 Å². The van der Waals surface area contributed by atoms with E-state index in [1.807, 2.05) is 32.3 Å². The molecule has 0 aliphatic heterocycles. The molecule has 0 fully saturated rings. The fraction of sp³-hybridized carbons (Fsp3) is 0.360. The Morgan fingerprint density at radius 3 is 2.44 bits per heavy atom. The number of benzene rings is 2. The Hall–Kier alpha value is -3.17. The molecule has 1 aromatic heterocycles. The van der Waals surface area contributed by atoms with Gasteiger partial charge >= 0.3 is 5.97 Å². The molecule has 3 aromatic rings. The predicted molar refractivity (Wildman–Crippen MR) is 134 cm³/mol. The summed E-state index contributed by atoms with van der Waals surface area (Å²) in [5.41, 5.74) is 1.89. The number of rotatable bonds is 11. The second-order valence-electron chi connectivity index (χ2n) is 7.90. The molecule has 0 saturated carbocycles. The van der Waals surface area contributed by atoms with Crippen LogP contribution in [0.25, 0.3) is 0 Å². The van der Waals surface area contributed by atoms with E-state index in [1.54, 1.807) is 31.2 Å². The summed E-state index contributed by atoms with van der Waals surface area (Å²) >= 11 is 1.32. The number of anilines is 1. The fourth-order valence-corrected chi connectivity index (χ4v) is 4.39. The summed E-state index contributed by atoms with van der Waals surface area (Å²) in [6.07, 6.45) is 0.885. The maximum atomic E-state index is 12.7. The van der Waals surface area contributed by atoms with E-state index in [0.717, 1.165) is 17.8 Å². The van der Waals surface area contributed by atoms with Crippen molar-refractivity contribution >= 4 is 29.3 Å². The van der Waals surface area contributed by atoms with Crippen LogP contribution < -0.4 is 5.32 Å². The minimum Gasteiger partial charge on any atom is -0.462 e. The number of nitrogens with one attached hydrogen (secondary N) is 1. The summed E-state index contributed by atoms with van der Waals surface area (Å²) in [4.78, 5) is 27.1. The first kappa shape index (κ1) is 25.5. The Balaban J connectivity index is 1.77. The number of carbonyl (C=O) groups excluding carboxylic acids is 2. The number of thioether (sulfide) groups is 1.